The molecule has 4 rings (SSSR count). The molecule has 184 valence electrons. The van der Waals surface area contributed by atoms with Crippen LogP contribution in [0.1, 0.15) is 51.7 Å². The van der Waals surface area contributed by atoms with Crippen molar-refractivity contribution in [1.82, 2.24) is 14.7 Å². The summed E-state index contributed by atoms with van der Waals surface area (Å²) in [6.07, 6.45) is 3.50. The third-order valence-electron chi connectivity index (χ3n) is 6.11. The lowest BCUT2D eigenvalue weighted by atomic mass is 10.1. The molecule has 1 amide bonds. The Morgan fingerprint density at radius 1 is 1.20 bits per heavy atom. The minimum Gasteiger partial charge on any atom is -0.497 e. The SMILES string of the molecule is CCOC(=O)c1cnn(-c2ccc(C(=O)N(Cc3cccc(OC)c3)CC3CCCO3)cc2)c1C. The fraction of sp³-hybridized carbons (Fsp3) is 0.370. The van der Waals surface area contributed by atoms with Gasteiger partial charge in [0.2, 0.25) is 0 Å². The van der Waals surface area contributed by atoms with E-state index in [2.05, 4.69) is 5.10 Å². The molecular formula is C27H31N3O5. The van der Waals surface area contributed by atoms with Gasteiger partial charge in [-0.1, -0.05) is 12.1 Å². The van der Waals surface area contributed by atoms with Crippen LogP contribution in [0.25, 0.3) is 5.69 Å². The maximum absolute atomic E-state index is 13.5. The highest BCUT2D eigenvalue weighted by Crippen LogP contribution is 2.21. The molecule has 1 aromatic heterocycles. The van der Waals surface area contributed by atoms with Crippen molar-refractivity contribution >= 4 is 11.9 Å². The van der Waals surface area contributed by atoms with E-state index in [1.807, 2.05) is 48.2 Å². The van der Waals surface area contributed by atoms with E-state index >= 15 is 0 Å². The van der Waals surface area contributed by atoms with Gasteiger partial charge in [0.25, 0.3) is 5.91 Å². The maximum Gasteiger partial charge on any atom is 0.341 e. The van der Waals surface area contributed by atoms with Crippen molar-refractivity contribution in [1.29, 1.82) is 0 Å². The molecule has 35 heavy (non-hydrogen) atoms. The van der Waals surface area contributed by atoms with Gasteiger partial charge in [-0.2, -0.15) is 5.10 Å². The lowest BCUT2D eigenvalue weighted by Crippen LogP contribution is -2.37. The fourth-order valence-corrected chi connectivity index (χ4v) is 4.25. The Morgan fingerprint density at radius 2 is 2.00 bits per heavy atom. The molecule has 0 spiro atoms. The number of nitrogens with zero attached hydrogens (tertiary/aromatic N) is 3. The zero-order chi connectivity index (χ0) is 24.8. The molecule has 0 aliphatic carbocycles. The fourth-order valence-electron chi connectivity index (χ4n) is 4.25. The number of carbonyl (C=O) groups excluding carboxylic acids is 2. The Labute approximate surface area is 205 Å². The second-order valence-electron chi connectivity index (χ2n) is 8.50. The second kappa shape index (κ2) is 11.2. The third kappa shape index (κ3) is 5.71. The summed E-state index contributed by atoms with van der Waals surface area (Å²) < 4.78 is 17.9. The lowest BCUT2D eigenvalue weighted by Gasteiger charge is -2.26. The molecule has 1 saturated heterocycles. The molecule has 1 atom stereocenters. The van der Waals surface area contributed by atoms with E-state index in [-0.39, 0.29) is 12.0 Å². The Kier molecular flexibility index (Phi) is 7.82. The van der Waals surface area contributed by atoms with Gasteiger partial charge < -0.3 is 19.1 Å². The van der Waals surface area contributed by atoms with Gasteiger partial charge in [0, 0.05) is 25.3 Å². The number of aromatic nitrogens is 2. The van der Waals surface area contributed by atoms with Gasteiger partial charge in [-0.25, -0.2) is 9.48 Å². The van der Waals surface area contributed by atoms with Gasteiger partial charge in [0.15, 0.2) is 0 Å². The summed E-state index contributed by atoms with van der Waals surface area (Å²) in [5.74, 6) is 0.290. The van der Waals surface area contributed by atoms with Gasteiger partial charge in [-0.15, -0.1) is 0 Å². The molecule has 0 bridgehead atoms. The monoisotopic (exact) mass is 477 g/mol. The summed E-state index contributed by atoms with van der Waals surface area (Å²) in [7, 11) is 1.63. The zero-order valence-electron chi connectivity index (χ0n) is 20.4. The molecule has 0 N–H and O–H groups in total. The molecule has 8 nitrogen and oxygen atoms in total. The number of carbonyl (C=O) groups is 2. The molecule has 1 aliphatic heterocycles. The van der Waals surface area contributed by atoms with Crippen molar-refractivity contribution in [3.05, 3.63) is 77.1 Å². The molecule has 2 aromatic carbocycles. The van der Waals surface area contributed by atoms with Crippen LogP contribution < -0.4 is 4.74 Å². The molecule has 0 saturated carbocycles. The molecule has 1 aliphatic rings. The summed E-state index contributed by atoms with van der Waals surface area (Å²) in [5, 5.41) is 4.33. The molecule has 0 radical (unpaired) electrons. The highest BCUT2D eigenvalue weighted by atomic mass is 16.5. The average molecular weight is 478 g/mol. The summed E-state index contributed by atoms with van der Waals surface area (Å²) in [5.41, 5.74) is 3.43. The summed E-state index contributed by atoms with van der Waals surface area (Å²) in [6.45, 7) is 5.60. The maximum atomic E-state index is 13.5. The highest BCUT2D eigenvalue weighted by molar-refractivity contribution is 5.94. The summed E-state index contributed by atoms with van der Waals surface area (Å²) in [4.78, 5) is 27.5. The Bertz CT molecular complexity index is 1170. The minimum atomic E-state index is -0.398. The van der Waals surface area contributed by atoms with Gasteiger partial charge in [0.1, 0.15) is 11.3 Å². The van der Waals surface area contributed by atoms with Crippen molar-refractivity contribution in [2.75, 3.05) is 26.9 Å². The van der Waals surface area contributed by atoms with Gasteiger partial charge >= 0.3 is 5.97 Å². The predicted octanol–water partition coefficient (Wildman–Crippen LogP) is 4.19. The van der Waals surface area contributed by atoms with E-state index in [0.717, 1.165) is 36.4 Å². The lowest BCUT2D eigenvalue weighted by molar-refractivity contribution is 0.0506. The molecule has 1 unspecified atom stereocenters. The van der Waals surface area contributed by atoms with Crippen molar-refractivity contribution in [2.45, 2.75) is 39.3 Å². The Hall–Kier alpha value is -3.65. The Morgan fingerprint density at radius 3 is 2.69 bits per heavy atom. The zero-order valence-corrected chi connectivity index (χ0v) is 20.4. The quantitative estimate of drug-likeness (QED) is 0.430. The first-order valence-electron chi connectivity index (χ1n) is 11.9. The minimum absolute atomic E-state index is 0.0388. The van der Waals surface area contributed by atoms with Gasteiger partial charge in [-0.3, -0.25) is 4.79 Å². The number of rotatable bonds is 9. The first-order chi connectivity index (χ1) is 17.0. The van der Waals surface area contributed by atoms with Crippen LogP contribution in [-0.2, 0) is 16.0 Å². The van der Waals surface area contributed by atoms with Crippen molar-refractivity contribution in [3.63, 3.8) is 0 Å². The van der Waals surface area contributed by atoms with E-state index in [1.54, 1.807) is 30.8 Å². The summed E-state index contributed by atoms with van der Waals surface area (Å²) >= 11 is 0. The number of benzene rings is 2. The summed E-state index contributed by atoms with van der Waals surface area (Å²) in [6, 6.07) is 15.0. The van der Waals surface area contributed by atoms with E-state index in [9.17, 15) is 9.59 Å². The number of esters is 1. The smallest absolute Gasteiger partial charge is 0.341 e. The van der Waals surface area contributed by atoms with Crippen LogP contribution in [-0.4, -0.2) is 59.5 Å². The average Bonchev–Trinajstić information content (AvgIpc) is 3.53. The first-order valence-corrected chi connectivity index (χ1v) is 11.9. The number of amides is 1. The van der Waals surface area contributed by atoms with Crippen LogP contribution in [0.2, 0.25) is 0 Å². The van der Waals surface area contributed by atoms with Crippen LogP contribution in [0.5, 0.6) is 5.75 Å². The van der Waals surface area contributed by atoms with Crippen molar-refractivity contribution in [3.8, 4) is 11.4 Å². The number of ether oxygens (including phenoxy) is 3. The topological polar surface area (TPSA) is 82.9 Å². The van der Waals surface area contributed by atoms with Crippen molar-refractivity contribution < 1.29 is 23.8 Å². The van der Waals surface area contributed by atoms with Crippen LogP contribution in [0.15, 0.2) is 54.7 Å². The van der Waals surface area contributed by atoms with Crippen LogP contribution in [0.4, 0.5) is 0 Å². The largest absolute Gasteiger partial charge is 0.497 e. The second-order valence-corrected chi connectivity index (χ2v) is 8.50. The molecule has 1 fully saturated rings. The van der Waals surface area contributed by atoms with Gasteiger partial charge in [0.05, 0.1) is 37.4 Å². The normalized spacial score (nSPS) is 15.1. The van der Waals surface area contributed by atoms with Crippen molar-refractivity contribution in [2.24, 2.45) is 0 Å². The van der Waals surface area contributed by atoms with E-state index in [0.29, 0.717) is 36.5 Å². The van der Waals surface area contributed by atoms with Crippen LogP contribution in [0, 0.1) is 6.92 Å². The number of hydrogen-bond acceptors (Lipinski definition) is 6. The molecule has 2 heterocycles. The highest BCUT2D eigenvalue weighted by Gasteiger charge is 2.24. The van der Waals surface area contributed by atoms with E-state index < -0.39 is 5.97 Å². The Balaban J connectivity index is 1.54. The number of hydrogen-bond donors (Lipinski definition) is 0. The third-order valence-corrected chi connectivity index (χ3v) is 6.11. The predicted molar refractivity (Wildman–Crippen MR) is 131 cm³/mol. The first kappa shape index (κ1) is 24.5. The van der Waals surface area contributed by atoms with E-state index in [1.165, 1.54) is 6.20 Å². The van der Waals surface area contributed by atoms with Gasteiger partial charge in [-0.05, 0) is 68.7 Å². The number of methoxy groups -OCH3 is 1. The molecule has 3 aromatic rings. The van der Waals surface area contributed by atoms with E-state index in [4.69, 9.17) is 14.2 Å². The molecular weight excluding hydrogens is 446 g/mol. The molecule has 8 heteroatoms. The van der Waals surface area contributed by atoms with Crippen LogP contribution in [0.3, 0.4) is 0 Å². The standard InChI is InChI=1S/C27H31N3O5/c1-4-34-27(32)25-16-28-30(19(25)2)22-12-10-21(11-13-22)26(31)29(18-24-9-6-14-35-24)17-20-7-5-8-23(15-20)33-3/h5,7-8,10-13,15-16,24H,4,6,9,14,17-18H2,1-3H3. The van der Waals surface area contributed by atoms with Crippen LogP contribution >= 0.6 is 0 Å².